The molecule has 28 heavy (non-hydrogen) atoms. The van der Waals surface area contributed by atoms with Crippen molar-refractivity contribution < 1.29 is 14.6 Å². The summed E-state index contributed by atoms with van der Waals surface area (Å²) in [7, 11) is 0. The first-order valence-electron chi connectivity index (χ1n) is 9.94. The lowest BCUT2D eigenvalue weighted by Crippen LogP contribution is -2.30. The minimum Gasteiger partial charge on any atom is -0.492 e. The Morgan fingerprint density at radius 2 is 1.71 bits per heavy atom. The molecule has 152 valence electrons. The van der Waals surface area contributed by atoms with Crippen molar-refractivity contribution in [3.8, 4) is 11.5 Å². The predicted octanol–water partition coefficient (Wildman–Crippen LogP) is 2.96. The van der Waals surface area contributed by atoms with E-state index in [9.17, 15) is 5.11 Å². The van der Waals surface area contributed by atoms with Crippen LogP contribution < -0.4 is 15.2 Å². The average molecular weight is 385 g/mol. The van der Waals surface area contributed by atoms with E-state index >= 15 is 0 Å². The number of nitrogens with two attached hydrogens (primary N) is 1. The van der Waals surface area contributed by atoms with Crippen LogP contribution >= 0.6 is 0 Å². The molecule has 2 aromatic carbocycles. The molecule has 0 bridgehead atoms. The normalized spacial score (nSPS) is 20.9. The van der Waals surface area contributed by atoms with Crippen LogP contribution in [0.4, 0.5) is 0 Å². The third-order valence-corrected chi connectivity index (χ3v) is 5.34. The lowest BCUT2D eigenvalue weighted by atomic mass is 10.0. The van der Waals surface area contributed by atoms with E-state index in [2.05, 4.69) is 49.9 Å². The lowest BCUT2D eigenvalue weighted by molar-refractivity contribution is 0.0736. The first kappa shape index (κ1) is 20.6. The molecule has 0 amide bonds. The Morgan fingerprint density at radius 3 is 2.32 bits per heavy atom. The van der Waals surface area contributed by atoms with Crippen molar-refractivity contribution in [2.75, 3.05) is 19.7 Å². The first-order valence-corrected chi connectivity index (χ1v) is 9.94. The largest absolute Gasteiger partial charge is 0.492 e. The molecular weight excluding hydrogens is 352 g/mol. The summed E-state index contributed by atoms with van der Waals surface area (Å²) in [5.74, 6) is 1.66. The van der Waals surface area contributed by atoms with Gasteiger partial charge in [-0.2, -0.15) is 0 Å². The van der Waals surface area contributed by atoms with E-state index in [4.69, 9.17) is 15.2 Å². The number of hydrogen-bond donors (Lipinski definition) is 2. The highest BCUT2D eigenvalue weighted by Crippen LogP contribution is 2.25. The van der Waals surface area contributed by atoms with Crippen LogP contribution in [0.1, 0.15) is 29.2 Å². The molecule has 0 unspecified atom stereocenters. The first-order chi connectivity index (χ1) is 13.3. The van der Waals surface area contributed by atoms with E-state index < -0.39 is 6.10 Å². The highest BCUT2D eigenvalue weighted by Gasteiger charge is 2.33. The van der Waals surface area contributed by atoms with Gasteiger partial charge in [0.05, 0.1) is 0 Å². The van der Waals surface area contributed by atoms with Gasteiger partial charge in [-0.3, -0.25) is 4.90 Å². The molecule has 2 aromatic rings. The summed E-state index contributed by atoms with van der Waals surface area (Å²) < 4.78 is 11.7. The fourth-order valence-corrected chi connectivity index (χ4v) is 3.49. The third kappa shape index (κ3) is 5.25. The van der Waals surface area contributed by atoms with E-state index in [1.165, 1.54) is 22.3 Å². The number of benzene rings is 2. The van der Waals surface area contributed by atoms with E-state index in [0.717, 1.165) is 18.0 Å². The number of β-amino-alcohol motifs (C(OH)–C–C–N with tert-alkyl or cyclic N) is 1. The molecule has 3 N–H and O–H groups in total. The van der Waals surface area contributed by atoms with Crippen LogP contribution in [0, 0.1) is 20.8 Å². The zero-order chi connectivity index (χ0) is 20.3. The van der Waals surface area contributed by atoms with Crippen molar-refractivity contribution in [2.24, 2.45) is 5.73 Å². The van der Waals surface area contributed by atoms with Gasteiger partial charge >= 0.3 is 0 Å². The summed E-state index contributed by atoms with van der Waals surface area (Å²) in [6.07, 6.45) is -0.703. The highest BCUT2D eigenvalue weighted by atomic mass is 16.5. The van der Waals surface area contributed by atoms with Crippen molar-refractivity contribution in [3.63, 3.8) is 0 Å². The minimum absolute atomic E-state index is 0.0174. The van der Waals surface area contributed by atoms with Gasteiger partial charge in [0.15, 0.2) is 0 Å². The van der Waals surface area contributed by atoms with Gasteiger partial charge in [0.1, 0.15) is 30.3 Å². The maximum Gasteiger partial charge on any atom is 0.138 e. The second-order valence-corrected chi connectivity index (χ2v) is 8.03. The van der Waals surface area contributed by atoms with Crippen LogP contribution in [0.5, 0.6) is 11.5 Å². The molecule has 0 aromatic heterocycles. The Kier molecular flexibility index (Phi) is 6.60. The number of ether oxygens (including phenoxy) is 2. The molecule has 1 fully saturated rings. The summed E-state index contributed by atoms with van der Waals surface area (Å²) >= 11 is 0. The zero-order valence-corrected chi connectivity index (χ0v) is 17.3. The second-order valence-electron chi connectivity index (χ2n) is 8.03. The maximum atomic E-state index is 10.5. The Labute approximate surface area is 168 Å². The van der Waals surface area contributed by atoms with Crippen molar-refractivity contribution in [3.05, 3.63) is 58.7 Å². The van der Waals surface area contributed by atoms with Gasteiger partial charge in [-0.1, -0.05) is 12.1 Å². The summed E-state index contributed by atoms with van der Waals surface area (Å²) in [5, 5.41) is 10.5. The van der Waals surface area contributed by atoms with Crippen molar-refractivity contribution >= 4 is 0 Å². The van der Waals surface area contributed by atoms with Gasteiger partial charge in [-0.15, -0.1) is 0 Å². The van der Waals surface area contributed by atoms with Crippen molar-refractivity contribution in [1.29, 1.82) is 0 Å². The van der Waals surface area contributed by atoms with Crippen LogP contribution in [-0.2, 0) is 6.54 Å². The Morgan fingerprint density at radius 1 is 1.07 bits per heavy atom. The average Bonchev–Trinajstić information content (AvgIpc) is 2.98. The molecule has 5 nitrogen and oxygen atoms in total. The molecule has 0 spiro atoms. The molecule has 0 radical (unpaired) electrons. The van der Waals surface area contributed by atoms with Gasteiger partial charge in [-0.05, 0) is 74.2 Å². The zero-order valence-electron chi connectivity index (χ0n) is 17.3. The predicted molar refractivity (Wildman–Crippen MR) is 112 cm³/mol. The highest BCUT2D eigenvalue weighted by molar-refractivity contribution is 5.40. The summed E-state index contributed by atoms with van der Waals surface area (Å²) in [4.78, 5) is 2.22. The van der Waals surface area contributed by atoms with Gasteiger partial charge < -0.3 is 20.3 Å². The number of nitrogens with zero attached hydrogens (tertiary/aromatic N) is 1. The molecule has 3 atom stereocenters. The molecule has 3 rings (SSSR count). The summed E-state index contributed by atoms with van der Waals surface area (Å²) in [6, 6.07) is 12.2. The van der Waals surface area contributed by atoms with Gasteiger partial charge in [0, 0.05) is 25.7 Å². The fourth-order valence-electron chi connectivity index (χ4n) is 3.49. The number of hydrogen-bond acceptors (Lipinski definition) is 5. The molecule has 5 heteroatoms. The van der Waals surface area contributed by atoms with Gasteiger partial charge in [0.25, 0.3) is 0 Å². The molecule has 1 saturated heterocycles. The Hall–Kier alpha value is -2.08. The summed E-state index contributed by atoms with van der Waals surface area (Å²) in [5.41, 5.74) is 10.6. The van der Waals surface area contributed by atoms with Crippen LogP contribution in [-0.4, -0.2) is 48.0 Å². The van der Waals surface area contributed by atoms with Crippen LogP contribution in [0.2, 0.25) is 0 Å². The molecule has 0 aliphatic carbocycles. The topological polar surface area (TPSA) is 68.0 Å². The molecule has 1 aliphatic rings. The van der Waals surface area contributed by atoms with Gasteiger partial charge in [-0.25, -0.2) is 0 Å². The van der Waals surface area contributed by atoms with E-state index in [-0.39, 0.29) is 12.1 Å². The molecule has 1 aliphatic heterocycles. The van der Waals surface area contributed by atoms with Gasteiger partial charge in [0.2, 0.25) is 0 Å². The van der Waals surface area contributed by atoms with Crippen molar-refractivity contribution in [1.82, 2.24) is 4.90 Å². The maximum absolute atomic E-state index is 10.5. The molecular formula is C23H32N2O3. The minimum atomic E-state index is -0.490. The number of aliphatic hydroxyl groups is 1. The fraction of sp³-hybridized carbons (Fsp3) is 0.478. The number of aliphatic hydroxyl groups excluding tert-OH is 1. The van der Waals surface area contributed by atoms with Crippen LogP contribution in [0.3, 0.4) is 0 Å². The van der Waals surface area contributed by atoms with E-state index in [1.807, 2.05) is 19.1 Å². The van der Waals surface area contributed by atoms with E-state index in [0.29, 0.717) is 19.7 Å². The number of aryl methyl sites for hydroxylation is 2. The second kappa shape index (κ2) is 8.95. The van der Waals surface area contributed by atoms with Crippen molar-refractivity contribution in [2.45, 2.75) is 52.5 Å². The lowest BCUT2D eigenvalue weighted by Gasteiger charge is -2.19. The number of likely N-dealkylation sites (tertiary alicyclic amines) is 1. The Bertz CT molecular complexity index is 766. The standard InChI is InChI=1S/C23H32N2O3/c1-15-9-21(10-16(2)18(15)4)28-23-13-25(12-22(23)26)11-19-5-7-20(8-6-19)27-14-17(3)24/h5-10,17,22-23,26H,11-14,24H2,1-4H3/t17-,22-,23-/m0/s1. The molecule has 0 saturated carbocycles. The molecule has 1 heterocycles. The van der Waals surface area contributed by atoms with E-state index in [1.54, 1.807) is 0 Å². The number of rotatable bonds is 7. The monoisotopic (exact) mass is 384 g/mol. The summed E-state index contributed by atoms with van der Waals surface area (Å²) in [6.45, 7) is 10.8. The quantitative estimate of drug-likeness (QED) is 0.768. The van der Waals surface area contributed by atoms with Crippen LogP contribution in [0.25, 0.3) is 0 Å². The smallest absolute Gasteiger partial charge is 0.138 e. The SMILES string of the molecule is Cc1cc(O[C@H]2CN(Cc3ccc(OC[C@H](C)N)cc3)C[C@@H]2O)cc(C)c1C. The van der Waals surface area contributed by atoms with Crippen LogP contribution in [0.15, 0.2) is 36.4 Å². The third-order valence-electron chi connectivity index (χ3n) is 5.34. The Balaban J connectivity index is 1.56.